The van der Waals surface area contributed by atoms with Gasteiger partial charge in [0.15, 0.2) is 0 Å². The van der Waals surface area contributed by atoms with Crippen LogP contribution in [0, 0.1) is 12.7 Å². The van der Waals surface area contributed by atoms with E-state index in [4.69, 9.17) is 23.2 Å². The highest BCUT2D eigenvalue weighted by atomic mass is 35.5. The van der Waals surface area contributed by atoms with Gasteiger partial charge in [0.1, 0.15) is 5.82 Å². The second kappa shape index (κ2) is 5.68. The molecule has 0 saturated heterocycles. The molecule has 0 aliphatic carbocycles. The van der Waals surface area contributed by atoms with Gasteiger partial charge in [0.25, 0.3) is 0 Å². The van der Waals surface area contributed by atoms with E-state index in [0.29, 0.717) is 17.0 Å². The summed E-state index contributed by atoms with van der Waals surface area (Å²) in [5.41, 5.74) is 2.33. The van der Waals surface area contributed by atoms with E-state index in [-0.39, 0.29) is 5.82 Å². The van der Waals surface area contributed by atoms with Crippen LogP contribution in [0.3, 0.4) is 0 Å². The maximum atomic E-state index is 13.7. The summed E-state index contributed by atoms with van der Waals surface area (Å²) >= 11 is 12.1. The van der Waals surface area contributed by atoms with Gasteiger partial charge in [-0.05, 0) is 36.8 Å². The minimum Gasteiger partial charge on any atom is -0.261 e. The van der Waals surface area contributed by atoms with Gasteiger partial charge in [-0.2, -0.15) is 0 Å². The first-order chi connectivity index (χ1) is 8.58. The largest absolute Gasteiger partial charge is 0.261 e. The summed E-state index contributed by atoms with van der Waals surface area (Å²) in [4.78, 5) is 4.26. The zero-order valence-electron chi connectivity index (χ0n) is 9.83. The van der Waals surface area contributed by atoms with Crippen molar-refractivity contribution in [3.05, 3.63) is 64.2 Å². The number of alkyl halides is 1. The standard InChI is InChI=1S/C14H12Cl2FN/c1-9-3-2-6-18-14(9)8-12(16)11-7-10(15)4-5-13(11)17/h2-7,12H,8H2,1H3. The first-order valence-corrected chi connectivity index (χ1v) is 6.39. The van der Waals surface area contributed by atoms with E-state index in [2.05, 4.69) is 4.98 Å². The van der Waals surface area contributed by atoms with Crippen molar-refractivity contribution in [2.75, 3.05) is 0 Å². The summed E-state index contributed by atoms with van der Waals surface area (Å²) in [7, 11) is 0. The van der Waals surface area contributed by atoms with Crippen LogP contribution in [0.4, 0.5) is 4.39 Å². The molecule has 0 fully saturated rings. The molecule has 0 spiro atoms. The Morgan fingerprint density at radius 2 is 2.11 bits per heavy atom. The molecule has 1 heterocycles. The fourth-order valence-corrected chi connectivity index (χ4v) is 2.26. The number of hydrogen-bond acceptors (Lipinski definition) is 1. The van der Waals surface area contributed by atoms with Crippen LogP contribution in [0.1, 0.15) is 22.2 Å². The zero-order valence-corrected chi connectivity index (χ0v) is 11.3. The van der Waals surface area contributed by atoms with Crippen molar-refractivity contribution in [1.82, 2.24) is 4.98 Å². The molecule has 1 aromatic carbocycles. The molecular formula is C14H12Cl2FN. The van der Waals surface area contributed by atoms with E-state index in [0.717, 1.165) is 11.3 Å². The van der Waals surface area contributed by atoms with Gasteiger partial charge in [0, 0.05) is 28.9 Å². The molecule has 0 N–H and O–H groups in total. The van der Waals surface area contributed by atoms with E-state index in [1.807, 2.05) is 19.1 Å². The molecule has 1 unspecified atom stereocenters. The Hall–Kier alpha value is -1.12. The number of pyridine rings is 1. The number of nitrogens with zero attached hydrogens (tertiary/aromatic N) is 1. The highest BCUT2D eigenvalue weighted by Gasteiger charge is 2.15. The minimum atomic E-state index is -0.475. The number of aromatic nitrogens is 1. The molecule has 0 amide bonds. The van der Waals surface area contributed by atoms with Crippen molar-refractivity contribution >= 4 is 23.2 Å². The number of hydrogen-bond donors (Lipinski definition) is 0. The Labute approximate surface area is 116 Å². The van der Waals surface area contributed by atoms with Gasteiger partial charge in [-0.3, -0.25) is 4.98 Å². The van der Waals surface area contributed by atoms with Gasteiger partial charge >= 0.3 is 0 Å². The third kappa shape index (κ3) is 3.01. The Balaban J connectivity index is 2.25. The maximum absolute atomic E-state index is 13.7. The summed E-state index contributed by atoms with van der Waals surface area (Å²) in [5.74, 6) is -0.340. The van der Waals surface area contributed by atoms with E-state index in [1.54, 1.807) is 12.3 Å². The second-order valence-corrected chi connectivity index (χ2v) is 5.07. The quantitative estimate of drug-likeness (QED) is 0.744. The monoisotopic (exact) mass is 283 g/mol. The van der Waals surface area contributed by atoms with Gasteiger partial charge in [0.05, 0.1) is 5.38 Å². The van der Waals surface area contributed by atoms with Crippen LogP contribution in [-0.4, -0.2) is 4.98 Å². The summed E-state index contributed by atoms with van der Waals surface area (Å²) in [6.07, 6.45) is 2.19. The van der Waals surface area contributed by atoms with Crippen molar-refractivity contribution in [3.8, 4) is 0 Å². The van der Waals surface area contributed by atoms with Crippen LogP contribution in [0.2, 0.25) is 5.02 Å². The van der Waals surface area contributed by atoms with E-state index in [9.17, 15) is 4.39 Å². The predicted octanol–water partition coefficient (Wildman–Crippen LogP) is 4.71. The van der Waals surface area contributed by atoms with Crippen molar-refractivity contribution in [1.29, 1.82) is 0 Å². The van der Waals surface area contributed by atoms with Crippen molar-refractivity contribution in [2.45, 2.75) is 18.7 Å². The summed E-state index contributed by atoms with van der Waals surface area (Å²) < 4.78 is 13.7. The lowest BCUT2D eigenvalue weighted by atomic mass is 10.0. The average molecular weight is 284 g/mol. The van der Waals surface area contributed by atoms with Gasteiger partial charge < -0.3 is 0 Å². The summed E-state index contributed by atoms with van der Waals surface area (Å²) in [6, 6.07) is 8.23. The molecule has 0 aliphatic rings. The maximum Gasteiger partial charge on any atom is 0.128 e. The predicted molar refractivity (Wildman–Crippen MR) is 72.7 cm³/mol. The van der Waals surface area contributed by atoms with E-state index < -0.39 is 5.38 Å². The molecule has 1 nitrogen and oxygen atoms in total. The molecule has 94 valence electrons. The number of benzene rings is 1. The minimum absolute atomic E-state index is 0.340. The first kappa shape index (κ1) is 13.3. The molecule has 1 atom stereocenters. The third-order valence-corrected chi connectivity index (χ3v) is 3.41. The molecule has 2 aromatic rings. The lowest BCUT2D eigenvalue weighted by molar-refractivity contribution is 0.605. The van der Waals surface area contributed by atoms with Gasteiger partial charge in [-0.1, -0.05) is 17.7 Å². The normalized spacial score (nSPS) is 12.4. The fraction of sp³-hybridized carbons (Fsp3) is 0.214. The number of halogens is 3. The number of rotatable bonds is 3. The molecular weight excluding hydrogens is 272 g/mol. The SMILES string of the molecule is Cc1cccnc1CC(Cl)c1cc(Cl)ccc1F. The smallest absolute Gasteiger partial charge is 0.128 e. The second-order valence-electron chi connectivity index (χ2n) is 4.10. The van der Waals surface area contributed by atoms with Crippen LogP contribution < -0.4 is 0 Å². The molecule has 0 aliphatic heterocycles. The molecule has 0 radical (unpaired) electrons. The van der Waals surface area contributed by atoms with Crippen molar-refractivity contribution in [3.63, 3.8) is 0 Å². The number of aryl methyl sites for hydroxylation is 1. The Morgan fingerprint density at radius 1 is 1.33 bits per heavy atom. The molecule has 18 heavy (non-hydrogen) atoms. The summed E-state index contributed by atoms with van der Waals surface area (Å²) in [5, 5.41) is 0.00657. The third-order valence-electron chi connectivity index (χ3n) is 2.79. The molecule has 2 rings (SSSR count). The Kier molecular flexibility index (Phi) is 4.20. The van der Waals surface area contributed by atoms with Gasteiger partial charge in [-0.25, -0.2) is 4.39 Å². The lowest BCUT2D eigenvalue weighted by Gasteiger charge is -2.12. The summed E-state index contributed by atoms with van der Waals surface area (Å²) in [6.45, 7) is 1.96. The van der Waals surface area contributed by atoms with Crippen LogP contribution in [0.25, 0.3) is 0 Å². The Bertz CT molecular complexity index is 557. The van der Waals surface area contributed by atoms with Crippen LogP contribution in [0.15, 0.2) is 36.5 Å². The zero-order chi connectivity index (χ0) is 13.1. The molecule has 1 aromatic heterocycles. The molecule has 0 saturated carbocycles. The van der Waals surface area contributed by atoms with Crippen LogP contribution >= 0.6 is 23.2 Å². The Morgan fingerprint density at radius 3 is 2.83 bits per heavy atom. The highest BCUT2D eigenvalue weighted by molar-refractivity contribution is 6.30. The first-order valence-electron chi connectivity index (χ1n) is 5.57. The van der Waals surface area contributed by atoms with Crippen LogP contribution in [-0.2, 0) is 6.42 Å². The van der Waals surface area contributed by atoms with Gasteiger partial charge in [-0.15, -0.1) is 11.6 Å². The highest BCUT2D eigenvalue weighted by Crippen LogP contribution is 2.29. The van der Waals surface area contributed by atoms with E-state index >= 15 is 0 Å². The molecule has 4 heteroatoms. The average Bonchev–Trinajstić information content (AvgIpc) is 2.35. The van der Waals surface area contributed by atoms with Gasteiger partial charge in [0.2, 0.25) is 0 Å². The van der Waals surface area contributed by atoms with E-state index in [1.165, 1.54) is 12.1 Å². The van der Waals surface area contributed by atoms with Crippen LogP contribution in [0.5, 0.6) is 0 Å². The fourth-order valence-electron chi connectivity index (χ4n) is 1.77. The topological polar surface area (TPSA) is 12.9 Å². The molecule has 0 bridgehead atoms. The van der Waals surface area contributed by atoms with Crippen molar-refractivity contribution < 1.29 is 4.39 Å². The van der Waals surface area contributed by atoms with Crippen molar-refractivity contribution in [2.24, 2.45) is 0 Å². The lowest BCUT2D eigenvalue weighted by Crippen LogP contribution is -2.02.